The minimum atomic E-state index is -0.222. The largest absolute Gasteiger partial charge is 0.493 e. The van der Waals surface area contributed by atoms with Gasteiger partial charge in [0.1, 0.15) is 12.4 Å². The van der Waals surface area contributed by atoms with E-state index in [-0.39, 0.29) is 24.2 Å². The van der Waals surface area contributed by atoms with Gasteiger partial charge in [-0.2, -0.15) is 14.9 Å². The number of hydrogen-bond donors (Lipinski definition) is 1. The van der Waals surface area contributed by atoms with Crippen molar-refractivity contribution in [2.75, 3.05) is 19.0 Å². The summed E-state index contributed by atoms with van der Waals surface area (Å²) in [5.74, 6) is 1.68. The summed E-state index contributed by atoms with van der Waals surface area (Å²) in [4.78, 5) is 17.4. The molecule has 1 aliphatic rings. The number of methoxy groups -OCH3 is 1. The Morgan fingerprint density at radius 1 is 1.20 bits per heavy atom. The number of rotatable bonds is 7. The molecule has 0 aliphatic carbocycles. The highest BCUT2D eigenvalue weighted by atomic mass is 16.5. The second-order valence-electron chi connectivity index (χ2n) is 8.08. The number of amides is 1. The smallest absolute Gasteiger partial charge is 0.272 e. The number of ether oxygens (including phenoxy) is 2. The van der Waals surface area contributed by atoms with Crippen molar-refractivity contribution in [1.82, 2.24) is 25.0 Å². The first-order valence-corrected chi connectivity index (χ1v) is 11.2. The molecule has 0 saturated heterocycles. The number of aryl methyl sites for hydroxylation is 1. The van der Waals surface area contributed by atoms with Crippen molar-refractivity contribution in [1.29, 1.82) is 0 Å². The zero-order chi connectivity index (χ0) is 24.4. The lowest BCUT2D eigenvalue weighted by Gasteiger charge is -2.25. The van der Waals surface area contributed by atoms with E-state index in [2.05, 4.69) is 32.2 Å². The van der Waals surface area contributed by atoms with Gasteiger partial charge in [-0.3, -0.25) is 4.79 Å². The Balaban J connectivity index is 1.57. The van der Waals surface area contributed by atoms with Gasteiger partial charge in [-0.25, -0.2) is 4.98 Å². The molecule has 9 heteroatoms. The van der Waals surface area contributed by atoms with Crippen LogP contribution in [0.2, 0.25) is 0 Å². The molecule has 1 N–H and O–H groups in total. The van der Waals surface area contributed by atoms with Crippen molar-refractivity contribution in [3.63, 3.8) is 0 Å². The number of nitrogens with zero attached hydrogens (tertiary/aromatic N) is 5. The third-order valence-electron chi connectivity index (χ3n) is 5.86. The highest BCUT2D eigenvalue weighted by molar-refractivity contribution is 5.95. The molecule has 1 atom stereocenters. The van der Waals surface area contributed by atoms with Gasteiger partial charge in [0.2, 0.25) is 5.91 Å². The fourth-order valence-corrected chi connectivity index (χ4v) is 4.28. The van der Waals surface area contributed by atoms with Crippen LogP contribution in [0.25, 0.3) is 17.2 Å². The maximum atomic E-state index is 12.8. The first-order chi connectivity index (χ1) is 17.1. The average molecular weight is 469 g/mol. The molecule has 5 rings (SSSR count). The topological polar surface area (TPSA) is 104 Å². The van der Waals surface area contributed by atoms with Crippen LogP contribution < -0.4 is 14.8 Å². The first-order valence-electron chi connectivity index (χ1n) is 11.2. The predicted octanol–water partition coefficient (Wildman–Crippen LogP) is 4.08. The van der Waals surface area contributed by atoms with Crippen LogP contribution in [0.4, 0.5) is 5.82 Å². The van der Waals surface area contributed by atoms with Gasteiger partial charge >= 0.3 is 0 Å². The van der Waals surface area contributed by atoms with E-state index >= 15 is 0 Å². The maximum absolute atomic E-state index is 12.8. The van der Waals surface area contributed by atoms with Crippen molar-refractivity contribution in [2.45, 2.75) is 19.3 Å². The Morgan fingerprint density at radius 2 is 2.03 bits per heavy atom. The molecule has 1 amide bonds. The molecule has 176 valence electrons. The number of carbonyl (C=O) groups excluding carboxylic acids is 1. The first kappa shape index (κ1) is 22.3. The van der Waals surface area contributed by atoms with Crippen molar-refractivity contribution in [2.24, 2.45) is 0 Å². The lowest BCUT2D eigenvalue weighted by molar-refractivity contribution is -0.116. The van der Waals surface area contributed by atoms with Crippen LogP contribution >= 0.6 is 0 Å². The Hall–Kier alpha value is -4.53. The number of carbonyl (C=O) groups is 1. The molecule has 4 aromatic rings. The standard InChI is InChI=1S/C26H24N6O3/c1-4-12-35-21-11-10-18(13-22(21)34-3)19-14-23(33)29-25-24(19)16(2)31-32(25)26-28-20(15-27-30-26)17-8-6-5-7-9-17/h4-11,13,15,19H,1,12,14H2,2-3H3,(H,29,33)/t19-/m0/s1. The number of anilines is 1. The van der Waals surface area contributed by atoms with Crippen LogP contribution in [0, 0.1) is 6.92 Å². The fraction of sp³-hybridized carbons (Fsp3) is 0.192. The van der Waals surface area contributed by atoms with Crippen LogP contribution in [0.15, 0.2) is 67.4 Å². The van der Waals surface area contributed by atoms with E-state index in [1.54, 1.807) is 24.1 Å². The normalized spacial score (nSPS) is 14.7. The predicted molar refractivity (Wildman–Crippen MR) is 131 cm³/mol. The molecular formula is C26H24N6O3. The van der Waals surface area contributed by atoms with E-state index < -0.39 is 0 Å². The molecular weight excluding hydrogens is 444 g/mol. The van der Waals surface area contributed by atoms with Gasteiger partial charge in [0.05, 0.1) is 24.7 Å². The number of benzene rings is 2. The molecule has 0 radical (unpaired) electrons. The van der Waals surface area contributed by atoms with E-state index in [1.807, 2.05) is 55.5 Å². The summed E-state index contributed by atoms with van der Waals surface area (Å²) in [5.41, 5.74) is 4.17. The number of nitrogens with one attached hydrogen (secondary N) is 1. The molecule has 9 nitrogen and oxygen atoms in total. The number of fused-ring (bicyclic) bond motifs is 1. The van der Waals surface area contributed by atoms with E-state index in [4.69, 9.17) is 9.47 Å². The lowest BCUT2D eigenvalue weighted by Crippen LogP contribution is -2.25. The summed E-state index contributed by atoms with van der Waals surface area (Å²) in [6.45, 7) is 5.96. The number of aromatic nitrogens is 5. The minimum absolute atomic E-state index is 0.123. The van der Waals surface area contributed by atoms with Gasteiger partial charge in [-0.15, -0.1) is 5.10 Å². The van der Waals surface area contributed by atoms with Crippen LogP contribution in [0.3, 0.4) is 0 Å². The molecule has 0 fully saturated rings. The van der Waals surface area contributed by atoms with E-state index in [0.717, 1.165) is 22.4 Å². The van der Waals surface area contributed by atoms with Crippen LogP contribution in [0.1, 0.15) is 29.2 Å². The van der Waals surface area contributed by atoms with Crippen molar-refractivity contribution >= 4 is 11.7 Å². The SMILES string of the molecule is C=CCOc1ccc([C@@H]2CC(=O)Nc3c2c(C)nn3-c2nncc(-c3ccccc3)n2)cc1OC. The molecule has 0 bridgehead atoms. The molecule has 1 aliphatic heterocycles. The van der Waals surface area contributed by atoms with E-state index in [0.29, 0.717) is 29.6 Å². The molecule has 0 unspecified atom stereocenters. The number of hydrogen-bond acceptors (Lipinski definition) is 7. The molecule has 0 spiro atoms. The van der Waals surface area contributed by atoms with Gasteiger partial charge in [0.25, 0.3) is 5.95 Å². The Labute approximate surface area is 202 Å². The summed E-state index contributed by atoms with van der Waals surface area (Å²) in [6.07, 6.45) is 3.55. The Morgan fingerprint density at radius 3 is 2.80 bits per heavy atom. The summed E-state index contributed by atoms with van der Waals surface area (Å²) in [6, 6.07) is 15.4. The van der Waals surface area contributed by atoms with Gasteiger partial charge in [-0.05, 0) is 24.6 Å². The van der Waals surface area contributed by atoms with Gasteiger partial charge in [-0.1, -0.05) is 49.1 Å². The third kappa shape index (κ3) is 4.23. The lowest BCUT2D eigenvalue weighted by atomic mass is 9.85. The molecule has 2 aromatic carbocycles. The second kappa shape index (κ2) is 9.38. The maximum Gasteiger partial charge on any atom is 0.272 e. The highest BCUT2D eigenvalue weighted by Gasteiger charge is 2.33. The van der Waals surface area contributed by atoms with Crippen molar-refractivity contribution < 1.29 is 14.3 Å². The average Bonchev–Trinajstić information content (AvgIpc) is 3.23. The second-order valence-corrected chi connectivity index (χ2v) is 8.08. The third-order valence-corrected chi connectivity index (χ3v) is 5.86. The van der Waals surface area contributed by atoms with Crippen LogP contribution in [-0.4, -0.2) is 44.6 Å². The van der Waals surface area contributed by atoms with Gasteiger partial charge in [0.15, 0.2) is 11.5 Å². The fourth-order valence-electron chi connectivity index (χ4n) is 4.28. The summed E-state index contributed by atoms with van der Waals surface area (Å²) >= 11 is 0. The quantitative estimate of drug-likeness (QED) is 0.408. The monoisotopic (exact) mass is 468 g/mol. The molecule has 3 heterocycles. The minimum Gasteiger partial charge on any atom is -0.493 e. The van der Waals surface area contributed by atoms with Crippen molar-refractivity contribution in [3.8, 4) is 28.7 Å². The zero-order valence-electron chi connectivity index (χ0n) is 19.4. The Kier molecular flexibility index (Phi) is 5.97. The van der Waals surface area contributed by atoms with Gasteiger partial charge < -0.3 is 14.8 Å². The van der Waals surface area contributed by atoms with Crippen molar-refractivity contribution in [3.05, 3.63) is 84.2 Å². The van der Waals surface area contributed by atoms with E-state index in [9.17, 15) is 4.79 Å². The van der Waals surface area contributed by atoms with E-state index in [1.165, 1.54) is 0 Å². The zero-order valence-corrected chi connectivity index (χ0v) is 19.4. The van der Waals surface area contributed by atoms with Crippen LogP contribution in [-0.2, 0) is 4.79 Å². The summed E-state index contributed by atoms with van der Waals surface area (Å²) in [5, 5.41) is 16.0. The molecule has 35 heavy (non-hydrogen) atoms. The van der Waals surface area contributed by atoms with Gasteiger partial charge in [0, 0.05) is 23.5 Å². The summed E-state index contributed by atoms with van der Waals surface area (Å²) < 4.78 is 12.8. The molecule has 2 aromatic heterocycles. The molecule has 0 saturated carbocycles. The Bertz CT molecular complexity index is 1400. The summed E-state index contributed by atoms with van der Waals surface area (Å²) in [7, 11) is 1.59. The van der Waals surface area contributed by atoms with Crippen LogP contribution in [0.5, 0.6) is 11.5 Å². The highest BCUT2D eigenvalue weighted by Crippen LogP contribution is 2.42.